The lowest BCUT2D eigenvalue weighted by Crippen LogP contribution is -2.35. The molecule has 0 aromatic heterocycles. The number of hydrogen-bond donors (Lipinski definition) is 2. The number of benzene rings is 2. The molecule has 2 aromatic carbocycles. The molecule has 8 heteroatoms. The van der Waals surface area contributed by atoms with E-state index in [0.29, 0.717) is 28.6 Å². The molecule has 1 fully saturated rings. The molecule has 1 heterocycles. The average molecular weight is 383 g/mol. The molecule has 1 atom stereocenters. The lowest BCUT2D eigenvalue weighted by atomic mass is 10.2. The van der Waals surface area contributed by atoms with Gasteiger partial charge in [0, 0.05) is 24.4 Å². The van der Waals surface area contributed by atoms with E-state index in [2.05, 4.69) is 10.6 Å². The molecule has 146 valence electrons. The van der Waals surface area contributed by atoms with Crippen LogP contribution in [-0.2, 0) is 14.4 Å². The summed E-state index contributed by atoms with van der Waals surface area (Å²) in [5.41, 5.74) is 1.70. The highest BCUT2D eigenvalue weighted by Gasteiger charge is 2.40. The van der Waals surface area contributed by atoms with Crippen LogP contribution in [0, 0.1) is 0 Å². The minimum absolute atomic E-state index is 0.0292. The second-order valence-corrected chi connectivity index (χ2v) is 6.26. The number of methoxy groups -OCH3 is 2. The number of ether oxygens (including phenoxy) is 2. The highest BCUT2D eigenvalue weighted by atomic mass is 16.5. The van der Waals surface area contributed by atoms with Crippen molar-refractivity contribution >= 4 is 34.8 Å². The molecular weight excluding hydrogens is 362 g/mol. The summed E-state index contributed by atoms with van der Waals surface area (Å²) in [6.45, 7) is 1.43. The lowest BCUT2D eigenvalue weighted by Gasteiger charge is -2.19. The van der Waals surface area contributed by atoms with E-state index in [0.717, 1.165) is 4.90 Å². The van der Waals surface area contributed by atoms with Gasteiger partial charge in [-0.1, -0.05) is 0 Å². The van der Waals surface area contributed by atoms with Crippen molar-refractivity contribution in [2.75, 3.05) is 29.8 Å². The van der Waals surface area contributed by atoms with Gasteiger partial charge in [-0.05, 0) is 36.4 Å². The smallest absolute Gasteiger partial charge is 0.256 e. The minimum Gasteiger partial charge on any atom is -0.497 e. The molecule has 2 N–H and O–H groups in total. The number of carbonyl (C=O) groups is 3. The zero-order chi connectivity index (χ0) is 20.3. The highest BCUT2D eigenvalue weighted by Crippen LogP contribution is 2.35. The summed E-state index contributed by atoms with van der Waals surface area (Å²) in [5, 5.41) is 5.74. The summed E-state index contributed by atoms with van der Waals surface area (Å²) in [6, 6.07) is 11.1. The first-order valence-corrected chi connectivity index (χ1v) is 8.66. The fourth-order valence-corrected chi connectivity index (χ4v) is 3.02. The third-order valence-electron chi connectivity index (χ3n) is 4.32. The monoisotopic (exact) mass is 383 g/mol. The van der Waals surface area contributed by atoms with Crippen LogP contribution >= 0.6 is 0 Å². The number of nitrogens with one attached hydrogen (secondary N) is 2. The number of nitrogens with zero attached hydrogens (tertiary/aromatic N) is 1. The molecule has 0 bridgehead atoms. The zero-order valence-electron chi connectivity index (χ0n) is 15.8. The van der Waals surface area contributed by atoms with Gasteiger partial charge >= 0.3 is 0 Å². The molecule has 0 radical (unpaired) electrons. The molecule has 0 spiro atoms. The Morgan fingerprint density at radius 2 is 1.71 bits per heavy atom. The molecule has 0 saturated carbocycles. The van der Waals surface area contributed by atoms with E-state index in [1.807, 2.05) is 0 Å². The Hall–Kier alpha value is -3.55. The molecule has 2 aromatic rings. The van der Waals surface area contributed by atoms with Crippen LogP contribution in [-0.4, -0.2) is 38.0 Å². The summed E-state index contributed by atoms with van der Waals surface area (Å²) in [4.78, 5) is 37.6. The maximum absolute atomic E-state index is 12.9. The van der Waals surface area contributed by atoms with Gasteiger partial charge in [-0.3, -0.25) is 14.4 Å². The maximum Gasteiger partial charge on any atom is 0.256 e. The van der Waals surface area contributed by atoms with E-state index in [4.69, 9.17) is 9.47 Å². The van der Waals surface area contributed by atoms with Crippen LogP contribution in [0.5, 0.6) is 11.5 Å². The Balaban J connectivity index is 1.77. The Bertz CT molecular complexity index is 911. The summed E-state index contributed by atoms with van der Waals surface area (Å²) >= 11 is 0. The van der Waals surface area contributed by atoms with Crippen LogP contribution in [0.4, 0.5) is 17.1 Å². The molecule has 0 aliphatic carbocycles. The standard InChI is InChI=1S/C20H21N3O5/c1-12(24)21-13-4-6-14(7-5-13)22-16-11-19(25)23(20(16)26)17-9-8-15(27-2)10-18(17)28-3/h4-10,16,22H,11H2,1-3H3,(H,21,24)/t16-/m0/s1. The molecule has 0 unspecified atom stereocenters. The topological polar surface area (TPSA) is 97.0 Å². The normalized spacial score (nSPS) is 16.1. The van der Waals surface area contributed by atoms with Gasteiger partial charge in [0.25, 0.3) is 5.91 Å². The van der Waals surface area contributed by atoms with Crippen molar-refractivity contribution in [3.05, 3.63) is 42.5 Å². The Labute approximate surface area is 162 Å². The molecule has 1 aliphatic rings. The van der Waals surface area contributed by atoms with E-state index in [-0.39, 0.29) is 24.1 Å². The van der Waals surface area contributed by atoms with Crippen LogP contribution < -0.4 is 25.0 Å². The van der Waals surface area contributed by atoms with Gasteiger partial charge in [-0.25, -0.2) is 4.90 Å². The number of carbonyl (C=O) groups excluding carboxylic acids is 3. The average Bonchev–Trinajstić information content (AvgIpc) is 2.95. The first kappa shape index (κ1) is 19.2. The molecule has 28 heavy (non-hydrogen) atoms. The first-order valence-electron chi connectivity index (χ1n) is 8.66. The minimum atomic E-state index is -0.689. The third-order valence-corrected chi connectivity index (χ3v) is 4.32. The zero-order valence-corrected chi connectivity index (χ0v) is 15.8. The maximum atomic E-state index is 12.9. The van der Waals surface area contributed by atoms with Gasteiger partial charge < -0.3 is 20.1 Å². The first-order chi connectivity index (χ1) is 13.4. The number of anilines is 3. The van der Waals surface area contributed by atoms with Crippen molar-refractivity contribution in [2.45, 2.75) is 19.4 Å². The Morgan fingerprint density at radius 1 is 1.04 bits per heavy atom. The highest BCUT2D eigenvalue weighted by molar-refractivity contribution is 6.23. The van der Waals surface area contributed by atoms with Crippen molar-refractivity contribution in [2.24, 2.45) is 0 Å². The molecule has 1 aliphatic heterocycles. The second-order valence-electron chi connectivity index (χ2n) is 6.26. The van der Waals surface area contributed by atoms with Gasteiger partial charge in [0.1, 0.15) is 17.5 Å². The number of amides is 3. The molecule has 8 nitrogen and oxygen atoms in total. The van der Waals surface area contributed by atoms with Gasteiger partial charge in [-0.15, -0.1) is 0 Å². The van der Waals surface area contributed by atoms with Crippen molar-refractivity contribution < 1.29 is 23.9 Å². The predicted molar refractivity (Wildman–Crippen MR) is 105 cm³/mol. The van der Waals surface area contributed by atoms with Crippen molar-refractivity contribution in [3.63, 3.8) is 0 Å². The largest absolute Gasteiger partial charge is 0.497 e. The summed E-state index contributed by atoms with van der Waals surface area (Å²) in [5.74, 6) is 0.0941. The van der Waals surface area contributed by atoms with Crippen LogP contribution in [0.15, 0.2) is 42.5 Å². The number of rotatable bonds is 6. The number of imide groups is 1. The van der Waals surface area contributed by atoms with E-state index >= 15 is 0 Å². The molecule has 3 amide bonds. The molecule has 3 rings (SSSR count). The van der Waals surface area contributed by atoms with Gasteiger partial charge in [-0.2, -0.15) is 0 Å². The second kappa shape index (κ2) is 7.99. The molecule has 1 saturated heterocycles. The summed E-state index contributed by atoms with van der Waals surface area (Å²) in [7, 11) is 2.99. The van der Waals surface area contributed by atoms with Crippen molar-refractivity contribution in [1.29, 1.82) is 0 Å². The molecular formula is C20H21N3O5. The SMILES string of the molecule is COc1ccc(N2C(=O)C[C@H](Nc3ccc(NC(C)=O)cc3)C2=O)c(OC)c1. The summed E-state index contributed by atoms with van der Waals surface area (Å²) in [6.07, 6.45) is 0.0292. The fourth-order valence-electron chi connectivity index (χ4n) is 3.02. The van der Waals surface area contributed by atoms with E-state index in [1.54, 1.807) is 42.5 Å². The fraction of sp³-hybridized carbons (Fsp3) is 0.250. The van der Waals surface area contributed by atoms with Crippen LogP contribution in [0.2, 0.25) is 0 Å². The van der Waals surface area contributed by atoms with E-state index in [1.165, 1.54) is 21.1 Å². The van der Waals surface area contributed by atoms with Gasteiger partial charge in [0.05, 0.1) is 26.3 Å². The Morgan fingerprint density at radius 3 is 2.32 bits per heavy atom. The lowest BCUT2D eigenvalue weighted by molar-refractivity contribution is -0.121. The van der Waals surface area contributed by atoms with Crippen LogP contribution in [0.1, 0.15) is 13.3 Å². The quantitative estimate of drug-likeness (QED) is 0.744. The van der Waals surface area contributed by atoms with Crippen molar-refractivity contribution in [1.82, 2.24) is 0 Å². The Kier molecular flexibility index (Phi) is 5.49. The van der Waals surface area contributed by atoms with Crippen molar-refractivity contribution in [3.8, 4) is 11.5 Å². The van der Waals surface area contributed by atoms with Gasteiger partial charge in [0.2, 0.25) is 11.8 Å². The predicted octanol–water partition coefficient (Wildman–Crippen LogP) is 2.41. The van der Waals surface area contributed by atoms with Crippen LogP contribution in [0.3, 0.4) is 0 Å². The van der Waals surface area contributed by atoms with Crippen LogP contribution in [0.25, 0.3) is 0 Å². The summed E-state index contributed by atoms with van der Waals surface area (Å²) < 4.78 is 10.5. The third kappa shape index (κ3) is 3.90. The van der Waals surface area contributed by atoms with E-state index < -0.39 is 6.04 Å². The number of hydrogen-bond acceptors (Lipinski definition) is 6. The van der Waals surface area contributed by atoms with E-state index in [9.17, 15) is 14.4 Å². The van der Waals surface area contributed by atoms with Gasteiger partial charge in [0.15, 0.2) is 0 Å².